The first-order chi connectivity index (χ1) is 17.1. The van der Waals surface area contributed by atoms with Crippen LogP contribution in [0.15, 0.2) is 41.1 Å². The minimum atomic E-state index is -0.158. The number of carbonyl (C=O) groups is 3. The van der Waals surface area contributed by atoms with Gasteiger partial charge in [0.25, 0.3) is 5.91 Å². The van der Waals surface area contributed by atoms with E-state index in [2.05, 4.69) is 14.9 Å². The van der Waals surface area contributed by atoms with Crippen molar-refractivity contribution in [2.75, 3.05) is 57.3 Å². The van der Waals surface area contributed by atoms with Crippen molar-refractivity contribution in [3.63, 3.8) is 0 Å². The standard InChI is InChI=1S/C24H28N6O4S/c31-20(6-7-21(32)28-11-14-29(15-12-28)23(33)19-5-2-17-34-19)27-9-3-10-30(16-13-27)24-26-18-4-1-8-25-22(18)35-24/h1-2,4-5,8,17H,3,6-7,9-16H2. The molecule has 2 aliphatic heterocycles. The highest BCUT2D eigenvalue weighted by Crippen LogP contribution is 2.27. The van der Waals surface area contributed by atoms with Crippen molar-refractivity contribution in [1.29, 1.82) is 0 Å². The van der Waals surface area contributed by atoms with Crippen molar-refractivity contribution in [2.45, 2.75) is 19.3 Å². The van der Waals surface area contributed by atoms with Gasteiger partial charge in [-0.05, 0) is 30.7 Å². The summed E-state index contributed by atoms with van der Waals surface area (Å²) in [6, 6.07) is 7.17. The average molecular weight is 497 g/mol. The lowest BCUT2D eigenvalue weighted by molar-refractivity contribution is -0.137. The van der Waals surface area contributed by atoms with E-state index in [1.165, 1.54) is 6.26 Å². The van der Waals surface area contributed by atoms with Gasteiger partial charge < -0.3 is 24.0 Å². The fourth-order valence-electron chi connectivity index (χ4n) is 4.50. The number of aromatic nitrogens is 2. The Bertz CT molecular complexity index is 1150. The maximum absolute atomic E-state index is 12.8. The topological polar surface area (TPSA) is 103 Å². The lowest BCUT2D eigenvalue weighted by Gasteiger charge is -2.34. The molecular formula is C24H28N6O4S. The van der Waals surface area contributed by atoms with E-state index in [4.69, 9.17) is 4.42 Å². The molecule has 0 atom stereocenters. The molecule has 0 N–H and O–H groups in total. The second-order valence-electron chi connectivity index (χ2n) is 8.70. The number of pyridine rings is 1. The minimum Gasteiger partial charge on any atom is -0.459 e. The highest BCUT2D eigenvalue weighted by Gasteiger charge is 2.27. The first-order valence-corrected chi connectivity index (χ1v) is 12.7. The number of fused-ring (bicyclic) bond motifs is 1. The van der Waals surface area contributed by atoms with E-state index >= 15 is 0 Å². The summed E-state index contributed by atoms with van der Waals surface area (Å²) in [4.78, 5) is 55.4. The van der Waals surface area contributed by atoms with Crippen LogP contribution in [-0.4, -0.2) is 94.7 Å². The van der Waals surface area contributed by atoms with E-state index in [1.807, 2.05) is 17.0 Å². The quantitative estimate of drug-likeness (QED) is 0.533. The van der Waals surface area contributed by atoms with Gasteiger partial charge in [0.15, 0.2) is 10.9 Å². The van der Waals surface area contributed by atoms with Gasteiger partial charge in [-0.3, -0.25) is 14.4 Å². The summed E-state index contributed by atoms with van der Waals surface area (Å²) in [6.07, 6.45) is 4.50. The maximum Gasteiger partial charge on any atom is 0.289 e. The summed E-state index contributed by atoms with van der Waals surface area (Å²) in [5.41, 5.74) is 0.898. The molecule has 10 nitrogen and oxygen atoms in total. The fourth-order valence-corrected chi connectivity index (χ4v) is 5.46. The zero-order chi connectivity index (χ0) is 24.2. The highest BCUT2D eigenvalue weighted by molar-refractivity contribution is 7.21. The third kappa shape index (κ3) is 5.29. The Morgan fingerprint density at radius 3 is 2.29 bits per heavy atom. The Balaban J connectivity index is 1.07. The van der Waals surface area contributed by atoms with E-state index < -0.39 is 0 Å². The molecular weight excluding hydrogens is 468 g/mol. The van der Waals surface area contributed by atoms with Gasteiger partial charge in [0, 0.05) is 71.4 Å². The van der Waals surface area contributed by atoms with Gasteiger partial charge in [0.2, 0.25) is 11.8 Å². The number of hydrogen-bond donors (Lipinski definition) is 0. The Kier molecular flexibility index (Phi) is 6.94. The van der Waals surface area contributed by atoms with Crippen LogP contribution in [0.2, 0.25) is 0 Å². The van der Waals surface area contributed by atoms with Crippen molar-refractivity contribution in [3.05, 3.63) is 42.5 Å². The first kappa shape index (κ1) is 23.3. The molecule has 184 valence electrons. The molecule has 2 aliphatic rings. The third-order valence-electron chi connectivity index (χ3n) is 6.48. The molecule has 0 saturated carbocycles. The van der Waals surface area contributed by atoms with Crippen molar-refractivity contribution >= 4 is 44.5 Å². The fraction of sp³-hybridized carbons (Fsp3) is 0.458. The number of furan rings is 1. The van der Waals surface area contributed by atoms with Gasteiger partial charge in [-0.1, -0.05) is 11.3 Å². The summed E-state index contributed by atoms with van der Waals surface area (Å²) < 4.78 is 5.18. The number of hydrogen-bond acceptors (Lipinski definition) is 8. The lowest BCUT2D eigenvalue weighted by Crippen LogP contribution is -2.50. The molecule has 5 heterocycles. The molecule has 0 unspecified atom stereocenters. The van der Waals surface area contributed by atoms with Gasteiger partial charge in [-0.2, -0.15) is 0 Å². The van der Waals surface area contributed by atoms with Gasteiger partial charge in [0.1, 0.15) is 10.3 Å². The third-order valence-corrected chi connectivity index (χ3v) is 7.52. The molecule has 0 spiro atoms. The second-order valence-corrected chi connectivity index (χ2v) is 9.65. The van der Waals surface area contributed by atoms with Gasteiger partial charge in [-0.15, -0.1) is 0 Å². The van der Waals surface area contributed by atoms with Crippen LogP contribution in [0.3, 0.4) is 0 Å². The van der Waals surface area contributed by atoms with Crippen LogP contribution in [0, 0.1) is 0 Å². The van der Waals surface area contributed by atoms with Gasteiger partial charge in [-0.25, -0.2) is 9.97 Å². The van der Waals surface area contributed by atoms with Crippen LogP contribution in [-0.2, 0) is 9.59 Å². The number of anilines is 1. The highest BCUT2D eigenvalue weighted by atomic mass is 32.1. The Labute approximate surface area is 207 Å². The minimum absolute atomic E-state index is 0.0119. The van der Waals surface area contributed by atoms with Crippen molar-refractivity contribution in [1.82, 2.24) is 24.7 Å². The van der Waals surface area contributed by atoms with Gasteiger partial charge in [0.05, 0.1) is 6.26 Å². The van der Waals surface area contributed by atoms with Gasteiger partial charge >= 0.3 is 0 Å². The number of rotatable bonds is 5. The first-order valence-electron chi connectivity index (χ1n) is 11.9. The number of carbonyl (C=O) groups excluding carboxylic acids is 3. The molecule has 0 aliphatic carbocycles. The largest absolute Gasteiger partial charge is 0.459 e. The Hall–Kier alpha value is -3.47. The Morgan fingerprint density at radius 2 is 1.57 bits per heavy atom. The maximum atomic E-state index is 12.8. The van der Waals surface area contributed by atoms with Crippen LogP contribution in [0.1, 0.15) is 29.8 Å². The summed E-state index contributed by atoms with van der Waals surface area (Å²) in [7, 11) is 0. The molecule has 2 fully saturated rings. The van der Waals surface area contributed by atoms with E-state index in [0.29, 0.717) is 51.6 Å². The number of nitrogens with zero attached hydrogens (tertiary/aromatic N) is 6. The molecule has 0 bridgehead atoms. The molecule has 3 aromatic heterocycles. The van der Waals surface area contributed by atoms with E-state index in [1.54, 1.807) is 39.5 Å². The molecule has 3 amide bonds. The normalized spacial score (nSPS) is 17.0. The molecule has 35 heavy (non-hydrogen) atoms. The molecule has 0 aromatic carbocycles. The number of piperazine rings is 1. The predicted molar refractivity (Wildman–Crippen MR) is 131 cm³/mol. The summed E-state index contributed by atoms with van der Waals surface area (Å²) in [5.74, 6) is 0.125. The number of thiazole rings is 1. The smallest absolute Gasteiger partial charge is 0.289 e. The zero-order valence-corrected chi connectivity index (χ0v) is 20.3. The van der Waals surface area contributed by atoms with Crippen LogP contribution in [0.25, 0.3) is 10.3 Å². The summed E-state index contributed by atoms with van der Waals surface area (Å²) in [6.45, 7) is 4.70. The van der Waals surface area contributed by atoms with E-state index in [9.17, 15) is 14.4 Å². The molecule has 0 radical (unpaired) electrons. The molecule has 11 heteroatoms. The van der Waals surface area contributed by atoms with Crippen molar-refractivity contribution in [2.24, 2.45) is 0 Å². The Morgan fingerprint density at radius 1 is 0.857 bits per heavy atom. The second kappa shape index (κ2) is 10.4. The van der Waals surface area contributed by atoms with E-state index in [0.717, 1.165) is 28.4 Å². The molecule has 5 rings (SSSR count). The van der Waals surface area contributed by atoms with Crippen molar-refractivity contribution < 1.29 is 18.8 Å². The van der Waals surface area contributed by atoms with Crippen LogP contribution >= 0.6 is 11.3 Å². The van der Waals surface area contributed by atoms with Crippen molar-refractivity contribution in [3.8, 4) is 0 Å². The van der Waals surface area contributed by atoms with Crippen LogP contribution in [0.5, 0.6) is 0 Å². The predicted octanol–water partition coefficient (Wildman–Crippen LogP) is 2.09. The van der Waals surface area contributed by atoms with E-state index in [-0.39, 0.29) is 30.6 Å². The molecule has 3 aromatic rings. The number of amides is 3. The lowest BCUT2D eigenvalue weighted by atomic mass is 10.2. The zero-order valence-electron chi connectivity index (χ0n) is 19.5. The summed E-state index contributed by atoms with van der Waals surface area (Å²) in [5, 5.41) is 0.938. The molecule has 2 saturated heterocycles. The monoisotopic (exact) mass is 496 g/mol. The summed E-state index contributed by atoms with van der Waals surface area (Å²) >= 11 is 1.57. The average Bonchev–Trinajstić information content (AvgIpc) is 3.52. The van der Waals surface area contributed by atoms with Crippen LogP contribution < -0.4 is 4.90 Å². The SMILES string of the molecule is O=C(CCC(=O)N1CCCN(c2nc3cccnc3s2)CC1)N1CCN(C(=O)c2ccco2)CC1. The van der Waals surface area contributed by atoms with Crippen LogP contribution in [0.4, 0.5) is 5.13 Å².